The first kappa shape index (κ1) is 12.1. The molecule has 0 aliphatic rings. The summed E-state index contributed by atoms with van der Waals surface area (Å²) in [7, 11) is 0. The van der Waals surface area contributed by atoms with Crippen LogP contribution in [0.3, 0.4) is 0 Å². The van der Waals surface area contributed by atoms with Gasteiger partial charge in [0.2, 0.25) is 0 Å². The number of aryl methyl sites for hydroxylation is 1. The zero-order valence-corrected chi connectivity index (χ0v) is 9.75. The molecule has 0 aliphatic carbocycles. The van der Waals surface area contributed by atoms with Crippen molar-refractivity contribution in [2.24, 2.45) is 10.7 Å². The highest BCUT2D eigenvalue weighted by Crippen LogP contribution is 2.10. The van der Waals surface area contributed by atoms with Crippen LogP contribution in [0.2, 0.25) is 0 Å². The maximum atomic E-state index is 5.71. The molecule has 1 aromatic rings. The highest BCUT2D eigenvalue weighted by molar-refractivity contribution is 5.92. The number of anilines is 1. The molecule has 0 heterocycles. The molecule has 1 rings (SSSR count). The Morgan fingerprint density at radius 3 is 3.00 bits per heavy atom. The van der Waals surface area contributed by atoms with Gasteiger partial charge in [-0.05, 0) is 31.0 Å². The van der Waals surface area contributed by atoms with Crippen LogP contribution in [0, 0.1) is 11.8 Å². The van der Waals surface area contributed by atoms with Gasteiger partial charge in [0, 0.05) is 5.69 Å². The fourth-order valence-electron chi connectivity index (χ4n) is 1.26. The van der Waals surface area contributed by atoms with Crippen molar-refractivity contribution >= 4 is 11.6 Å². The molecule has 84 valence electrons. The first-order chi connectivity index (χ1) is 7.76. The summed E-state index contributed by atoms with van der Waals surface area (Å²) in [5.41, 5.74) is 7.94. The molecule has 0 saturated heterocycles. The summed E-state index contributed by atoms with van der Waals surface area (Å²) in [6.45, 7) is 4.33. The first-order valence-corrected chi connectivity index (χ1v) is 5.31. The molecule has 0 aromatic heterocycles. The zero-order valence-electron chi connectivity index (χ0n) is 9.75. The van der Waals surface area contributed by atoms with E-state index in [0.29, 0.717) is 12.5 Å². The monoisotopic (exact) mass is 215 g/mol. The maximum Gasteiger partial charge on any atom is 0.194 e. The van der Waals surface area contributed by atoms with Gasteiger partial charge in [-0.15, -0.1) is 5.92 Å². The summed E-state index contributed by atoms with van der Waals surface area (Å²) in [4.78, 5) is 4.07. The van der Waals surface area contributed by atoms with Gasteiger partial charge >= 0.3 is 0 Å². The highest BCUT2D eigenvalue weighted by atomic mass is 15.1. The molecule has 1 aromatic carbocycles. The predicted molar refractivity (Wildman–Crippen MR) is 69.4 cm³/mol. The fourth-order valence-corrected chi connectivity index (χ4v) is 1.26. The number of benzene rings is 1. The SMILES string of the molecule is CC#CCN=C(N)Nc1cccc(CC)c1. The van der Waals surface area contributed by atoms with Gasteiger partial charge in [-0.1, -0.05) is 25.0 Å². The van der Waals surface area contributed by atoms with Gasteiger partial charge in [0.15, 0.2) is 5.96 Å². The van der Waals surface area contributed by atoms with E-state index < -0.39 is 0 Å². The van der Waals surface area contributed by atoms with Gasteiger partial charge < -0.3 is 11.1 Å². The zero-order chi connectivity index (χ0) is 11.8. The van der Waals surface area contributed by atoms with Crippen molar-refractivity contribution < 1.29 is 0 Å². The highest BCUT2D eigenvalue weighted by Gasteiger charge is 1.95. The molecule has 0 saturated carbocycles. The lowest BCUT2D eigenvalue weighted by Gasteiger charge is -2.06. The van der Waals surface area contributed by atoms with Gasteiger partial charge in [0.25, 0.3) is 0 Å². The van der Waals surface area contributed by atoms with Crippen molar-refractivity contribution in [3.63, 3.8) is 0 Å². The van der Waals surface area contributed by atoms with E-state index >= 15 is 0 Å². The predicted octanol–water partition coefficient (Wildman–Crippen LogP) is 2.00. The van der Waals surface area contributed by atoms with E-state index in [1.807, 2.05) is 12.1 Å². The molecule has 0 spiro atoms. The minimum atomic E-state index is 0.399. The molecule has 3 heteroatoms. The van der Waals surface area contributed by atoms with Crippen LogP contribution in [0.15, 0.2) is 29.3 Å². The summed E-state index contributed by atoms with van der Waals surface area (Å²) < 4.78 is 0. The van der Waals surface area contributed by atoms with Crippen molar-refractivity contribution in [1.82, 2.24) is 0 Å². The number of nitrogens with zero attached hydrogens (tertiary/aromatic N) is 1. The second kappa shape index (κ2) is 6.52. The van der Waals surface area contributed by atoms with Gasteiger partial charge in [0.1, 0.15) is 6.54 Å². The van der Waals surface area contributed by atoms with Crippen LogP contribution < -0.4 is 11.1 Å². The number of nitrogens with two attached hydrogens (primary N) is 1. The van der Waals surface area contributed by atoms with Crippen molar-refractivity contribution in [3.05, 3.63) is 29.8 Å². The van der Waals surface area contributed by atoms with E-state index in [1.54, 1.807) is 6.92 Å². The number of nitrogens with one attached hydrogen (secondary N) is 1. The quantitative estimate of drug-likeness (QED) is 0.460. The van der Waals surface area contributed by atoms with Crippen molar-refractivity contribution in [1.29, 1.82) is 0 Å². The Labute approximate surface area is 96.8 Å². The van der Waals surface area contributed by atoms with Crippen LogP contribution in [-0.2, 0) is 6.42 Å². The molecular formula is C13H17N3. The van der Waals surface area contributed by atoms with Crippen LogP contribution in [0.1, 0.15) is 19.4 Å². The summed E-state index contributed by atoms with van der Waals surface area (Å²) >= 11 is 0. The summed E-state index contributed by atoms with van der Waals surface area (Å²) in [5.74, 6) is 5.99. The number of hydrogen-bond acceptors (Lipinski definition) is 1. The van der Waals surface area contributed by atoms with Crippen LogP contribution in [0.4, 0.5) is 5.69 Å². The summed E-state index contributed by atoms with van der Waals surface area (Å²) in [6.07, 6.45) is 1.01. The van der Waals surface area contributed by atoms with E-state index in [-0.39, 0.29) is 0 Å². The normalized spacial score (nSPS) is 10.5. The molecule has 16 heavy (non-hydrogen) atoms. The van der Waals surface area contributed by atoms with E-state index in [1.165, 1.54) is 5.56 Å². The number of hydrogen-bond donors (Lipinski definition) is 2. The molecule has 3 N–H and O–H groups in total. The first-order valence-electron chi connectivity index (χ1n) is 5.31. The Bertz CT molecular complexity index is 424. The van der Waals surface area contributed by atoms with Crippen molar-refractivity contribution in [2.45, 2.75) is 20.3 Å². The Balaban J connectivity index is 2.63. The molecule has 0 amide bonds. The fraction of sp³-hybridized carbons (Fsp3) is 0.308. The number of guanidine groups is 1. The van der Waals surface area contributed by atoms with E-state index in [4.69, 9.17) is 5.73 Å². The lowest BCUT2D eigenvalue weighted by molar-refractivity contribution is 1.14. The maximum absolute atomic E-state index is 5.71. The largest absolute Gasteiger partial charge is 0.370 e. The van der Waals surface area contributed by atoms with Gasteiger partial charge in [-0.25, -0.2) is 4.99 Å². The Morgan fingerprint density at radius 1 is 1.50 bits per heavy atom. The van der Waals surface area contributed by atoms with Crippen LogP contribution >= 0.6 is 0 Å². The lowest BCUT2D eigenvalue weighted by Crippen LogP contribution is -2.22. The van der Waals surface area contributed by atoms with E-state index in [2.05, 4.69) is 41.2 Å². The second-order valence-electron chi connectivity index (χ2n) is 3.31. The minimum Gasteiger partial charge on any atom is -0.370 e. The average molecular weight is 215 g/mol. The Kier molecular flexibility index (Phi) is 4.94. The summed E-state index contributed by atoms with van der Waals surface area (Å²) in [6, 6.07) is 8.11. The number of aliphatic imine (C=N–C) groups is 1. The van der Waals surface area contributed by atoms with Crippen molar-refractivity contribution in [3.8, 4) is 11.8 Å². The Morgan fingerprint density at radius 2 is 2.31 bits per heavy atom. The van der Waals surface area contributed by atoms with Gasteiger partial charge in [-0.3, -0.25) is 0 Å². The third kappa shape index (κ3) is 4.05. The van der Waals surface area contributed by atoms with Gasteiger partial charge in [-0.2, -0.15) is 0 Å². The number of rotatable bonds is 3. The smallest absolute Gasteiger partial charge is 0.194 e. The standard InChI is InChI=1S/C13H17N3/c1-3-5-9-15-13(14)16-12-8-6-7-11(4-2)10-12/h6-8,10H,4,9H2,1-2H3,(H3,14,15,16). The molecule has 0 fully saturated rings. The molecule has 0 atom stereocenters. The molecule has 0 unspecified atom stereocenters. The molecule has 3 nitrogen and oxygen atoms in total. The minimum absolute atomic E-state index is 0.399. The average Bonchev–Trinajstić information content (AvgIpc) is 2.29. The van der Waals surface area contributed by atoms with Crippen LogP contribution in [0.25, 0.3) is 0 Å². The molecule has 0 radical (unpaired) electrons. The third-order valence-corrected chi connectivity index (χ3v) is 2.11. The van der Waals surface area contributed by atoms with E-state index in [9.17, 15) is 0 Å². The lowest BCUT2D eigenvalue weighted by atomic mass is 10.1. The molecule has 0 aliphatic heterocycles. The Hall–Kier alpha value is -1.95. The third-order valence-electron chi connectivity index (χ3n) is 2.11. The van der Waals surface area contributed by atoms with E-state index in [0.717, 1.165) is 12.1 Å². The molecular weight excluding hydrogens is 198 g/mol. The second-order valence-corrected chi connectivity index (χ2v) is 3.31. The topological polar surface area (TPSA) is 50.4 Å². The van der Waals surface area contributed by atoms with Crippen molar-refractivity contribution in [2.75, 3.05) is 11.9 Å². The van der Waals surface area contributed by atoms with Crippen LogP contribution in [-0.4, -0.2) is 12.5 Å². The molecule has 0 bridgehead atoms. The van der Waals surface area contributed by atoms with Crippen LogP contribution in [0.5, 0.6) is 0 Å². The summed E-state index contributed by atoms with van der Waals surface area (Å²) in [5, 5.41) is 3.04. The van der Waals surface area contributed by atoms with Gasteiger partial charge in [0.05, 0.1) is 0 Å².